The second-order valence-corrected chi connectivity index (χ2v) is 5.93. The molecule has 1 aromatic carbocycles. The summed E-state index contributed by atoms with van der Waals surface area (Å²) < 4.78 is 19.8. The lowest BCUT2D eigenvalue weighted by molar-refractivity contribution is 0.0702. The third-order valence-electron chi connectivity index (χ3n) is 4.01. The summed E-state index contributed by atoms with van der Waals surface area (Å²) in [5.74, 6) is 0.0539. The van der Waals surface area contributed by atoms with Crippen LogP contribution in [0.25, 0.3) is 22.6 Å². The predicted octanol–water partition coefficient (Wildman–Crippen LogP) is 2.96. The molecule has 0 aliphatic heterocycles. The van der Waals surface area contributed by atoms with Crippen LogP contribution >= 0.6 is 0 Å². The Bertz CT molecular complexity index is 1060. The minimum atomic E-state index is -0.817. The van der Waals surface area contributed by atoms with Crippen molar-refractivity contribution in [3.63, 3.8) is 0 Å². The molecule has 0 bridgehead atoms. The van der Waals surface area contributed by atoms with Crippen LogP contribution in [-0.2, 0) is 0 Å². The molecule has 3 heterocycles. The van der Waals surface area contributed by atoms with Crippen molar-refractivity contribution in [2.24, 2.45) is 0 Å². The molecular formula is C18H16FN7O2. The molecule has 28 heavy (non-hydrogen) atoms. The van der Waals surface area contributed by atoms with Gasteiger partial charge < -0.3 is 9.84 Å². The van der Waals surface area contributed by atoms with Crippen molar-refractivity contribution in [1.82, 2.24) is 35.4 Å². The number of benzene rings is 1. The lowest BCUT2D eigenvalue weighted by atomic mass is 10.2. The molecule has 1 unspecified atom stereocenters. The van der Waals surface area contributed by atoms with E-state index in [0.29, 0.717) is 34.8 Å². The van der Waals surface area contributed by atoms with E-state index < -0.39 is 12.0 Å². The number of halogens is 1. The van der Waals surface area contributed by atoms with Gasteiger partial charge in [-0.1, -0.05) is 6.92 Å². The number of aromatic amines is 1. The first-order valence-corrected chi connectivity index (χ1v) is 8.55. The molecule has 142 valence electrons. The molecule has 4 aromatic rings. The van der Waals surface area contributed by atoms with E-state index >= 15 is 0 Å². The summed E-state index contributed by atoms with van der Waals surface area (Å²) in [7, 11) is 0. The Morgan fingerprint density at radius 1 is 1.21 bits per heavy atom. The van der Waals surface area contributed by atoms with Crippen LogP contribution in [0.1, 0.15) is 19.6 Å². The van der Waals surface area contributed by atoms with Crippen LogP contribution in [0.15, 0.2) is 48.8 Å². The van der Waals surface area contributed by atoms with E-state index in [0.717, 1.165) is 4.80 Å². The SMILES string of the molecule is CCC(O)n1nnc(-c2ccc(Oc3ncc(-c4ccn[nH]4)cc3F)cc2)n1. The number of aliphatic hydroxyl groups excluding tert-OH is 1. The molecule has 4 rings (SSSR count). The summed E-state index contributed by atoms with van der Waals surface area (Å²) in [6.07, 6.45) is 2.74. The van der Waals surface area contributed by atoms with E-state index in [4.69, 9.17) is 4.74 Å². The first kappa shape index (κ1) is 17.7. The van der Waals surface area contributed by atoms with Gasteiger partial charge in [0.05, 0.1) is 5.69 Å². The van der Waals surface area contributed by atoms with Crippen LogP contribution in [0.5, 0.6) is 11.6 Å². The van der Waals surface area contributed by atoms with Crippen molar-refractivity contribution >= 4 is 0 Å². The molecule has 0 amide bonds. The van der Waals surface area contributed by atoms with Crippen LogP contribution in [0, 0.1) is 5.82 Å². The lowest BCUT2D eigenvalue weighted by Crippen LogP contribution is -2.10. The summed E-state index contributed by atoms with van der Waals surface area (Å²) in [5, 5.41) is 28.2. The molecule has 2 N–H and O–H groups in total. The average Bonchev–Trinajstić information content (AvgIpc) is 3.42. The summed E-state index contributed by atoms with van der Waals surface area (Å²) >= 11 is 0. The monoisotopic (exact) mass is 381 g/mol. The Labute approximate surface area is 158 Å². The zero-order valence-electron chi connectivity index (χ0n) is 14.8. The lowest BCUT2D eigenvalue weighted by Gasteiger charge is -2.07. The van der Waals surface area contributed by atoms with E-state index in [1.165, 1.54) is 12.3 Å². The summed E-state index contributed by atoms with van der Waals surface area (Å²) in [6.45, 7) is 1.81. The smallest absolute Gasteiger partial charge is 0.255 e. The fraction of sp³-hybridized carbons (Fsp3) is 0.167. The first-order chi connectivity index (χ1) is 13.6. The van der Waals surface area contributed by atoms with Crippen LogP contribution in [-0.4, -0.2) is 40.5 Å². The number of nitrogens with zero attached hydrogens (tertiary/aromatic N) is 6. The van der Waals surface area contributed by atoms with Gasteiger partial charge in [-0.25, -0.2) is 9.37 Å². The molecule has 0 radical (unpaired) electrons. The van der Waals surface area contributed by atoms with Crippen LogP contribution < -0.4 is 4.74 Å². The minimum Gasteiger partial charge on any atom is -0.436 e. The molecule has 0 aliphatic rings. The van der Waals surface area contributed by atoms with Crippen molar-refractivity contribution in [2.75, 3.05) is 0 Å². The van der Waals surface area contributed by atoms with Gasteiger partial charge >= 0.3 is 0 Å². The number of ether oxygens (including phenoxy) is 1. The average molecular weight is 381 g/mol. The van der Waals surface area contributed by atoms with Crippen molar-refractivity contribution in [3.8, 4) is 34.3 Å². The van der Waals surface area contributed by atoms with E-state index in [2.05, 4.69) is 30.6 Å². The van der Waals surface area contributed by atoms with Gasteiger partial charge in [-0.15, -0.1) is 15.0 Å². The number of H-pyrrole nitrogens is 1. The Kier molecular flexibility index (Phi) is 4.77. The summed E-state index contributed by atoms with van der Waals surface area (Å²) in [4.78, 5) is 5.18. The van der Waals surface area contributed by atoms with Crippen LogP contribution in [0.2, 0.25) is 0 Å². The maximum Gasteiger partial charge on any atom is 0.255 e. The number of tetrazole rings is 1. The fourth-order valence-electron chi connectivity index (χ4n) is 2.48. The first-order valence-electron chi connectivity index (χ1n) is 8.55. The van der Waals surface area contributed by atoms with Crippen molar-refractivity contribution in [3.05, 3.63) is 54.6 Å². The van der Waals surface area contributed by atoms with Gasteiger partial charge in [0.2, 0.25) is 5.82 Å². The number of hydrogen-bond acceptors (Lipinski definition) is 7. The number of rotatable bonds is 6. The van der Waals surface area contributed by atoms with Gasteiger partial charge in [-0.05, 0) is 48.0 Å². The van der Waals surface area contributed by atoms with Crippen molar-refractivity contribution in [2.45, 2.75) is 19.6 Å². The van der Waals surface area contributed by atoms with Crippen LogP contribution in [0.4, 0.5) is 4.39 Å². The largest absolute Gasteiger partial charge is 0.436 e. The molecule has 3 aromatic heterocycles. The van der Waals surface area contributed by atoms with Gasteiger partial charge in [0, 0.05) is 23.5 Å². The van der Waals surface area contributed by atoms with E-state index in [9.17, 15) is 9.50 Å². The molecule has 0 fully saturated rings. The fourth-order valence-corrected chi connectivity index (χ4v) is 2.48. The van der Waals surface area contributed by atoms with E-state index in [1.54, 1.807) is 36.5 Å². The second kappa shape index (κ2) is 7.53. The zero-order valence-corrected chi connectivity index (χ0v) is 14.8. The normalized spacial score (nSPS) is 12.1. The molecular weight excluding hydrogens is 365 g/mol. The number of nitrogens with one attached hydrogen (secondary N) is 1. The third kappa shape index (κ3) is 3.58. The van der Waals surface area contributed by atoms with Gasteiger partial charge in [0.15, 0.2) is 12.0 Å². The Hall–Kier alpha value is -3.66. The second-order valence-electron chi connectivity index (χ2n) is 5.93. The van der Waals surface area contributed by atoms with Gasteiger partial charge in [0.25, 0.3) is 5.88 Å². The third-order valence-corrected chi connectivity index (χ3v) is 4.01. The topological polar surface area (TPSA) is 115 Å². The Balaban J connectivity index is 1.49. The van der Waals surface area contributed by atoms with Crippen molar-refractivity contribution < 1.29 is 14.2 Å². The molecule has 0 saturated carbocycles. The van der Waals surface area contributed by atoms with Gasteiger partial charge in [-0.3, -0.25) is 5.10 Å². The molecule has 10 heteroatoms. The summed E-state index contributed by atoms with van der Waals surface area (Å²) in [6, 6.07) is 9.77. The molecule has 0 spiro atoms. The highest BCUT2D eigenvalue weighted by atomic mass is 19.1. The minimum absolute atomic E-state index is 0.133. The maximum atomic E-state index is 14.3. The predicted molar refractivity (Wildman–Crippen MR) is 96.7 cm³/mol. The zero-order chi connectivity index (χ0) is 19.5. The molecule has 9 nitrogen and oxygen atoms in total. The quantitative estimate of drug-likeness (QED) is 0.528. The Morgan fingerprint density at radius 3 is 2.71 bits per heavy atom. The molecule has 0 saturated heterocycles. The van der Waals surface area contributed by atoms with Gasteiger partial charge in [0.1, 0.15) is 5.75 Å². The van der Waals surface area contributed by atoms with Crippen LogP contribution in [0.3, 0.4) is 0 Å². The highest BCUT2D eigenvalue weighted by Crippen LogP contribution is 2.27. The highest BCUT2D eigenvalue weighted by molar-refractivity contribution is 5.58. The number of aliphatic hydroxyl groups is 1. The summed E-state index contributed by atoms with van der Waals surface area (Å²) in [5.41, 5.74) is 1.92. The number of pyridine rings is 1. The van der Waals surface area contributed by atoms with E-state index in [-0.39, 0.29) is 5.88 Å². The maximum absolute atomic E-state index is 14.3. The van der Waals surface area contributed by atoms with Gasteiger partial charge in [-0.2, -0.15) is 5.10 Å². The Morgan fingerprint density at radius 2 is 2.04 bits per heavy atom. The number of aromatic nitrogens is 7. The van der Waals surface area contributed by atoms with Crippen molar-refractivity contribution in [1.29, 1.82) is 0 Å². The highest BCUT2D eigenvalue weighted by Gasteiger charge is 2.13. The molecule has 0 aliphatic carbocycles. The van der Waals surface area contributed by atoms with E-state index in [1.807, 2.05) is 6.92 Å². The molecule has 1 atom stereocenters. The standard InChI is InChI=1S/C18H16FN7O2/c1-2-16(27)26-24-17(23-25-26)11-3-5-13(6-4-11)28-18-14(19)9-12(10-20-18)15-7-8-21-22-15/h3-10,16,27H,2H2,1H3,(H,21,22). The number of hydrogen-bond donors (Lipinski definition) is 2.